The van der Waals surface area contributed by atoms with Gasteiger partial charge in [0.25, 0.3) is 0 Å². The van der Waals surface area contributed by atoms with Gasteiger partial charge in [0.2, 0.25) is 0 Å². The van der Waals surface area contributed by atoms with Crippen LogP contribution in [-0.2, 0) is 0 Å². The summed E-state index contributed by atoms with van der Waals surface area (Å²) in [5.41, 5.74) is 6.01. The smallest absolute Gasteiger partial charge is 0.119 e. The van der Waals surface area contributed by atoms with Gasteiger partial charge < -0.3 is 20.3 Å². The first-order valence-electron chi connectivity index (χ1n) is 15.3. The third-order valence-corrected chi connectivity index (χ3v) is 8.66. The molecule has 1 spiro atoms. The maximum Gasteiger partial charge on any atom is 0.119 e. The molecule has 0 radical (unpaired) electrons. The predicted molar refractivity (Wildman–Crippen MR) is 170 cm³/mol. The maximum absolute atomic E-state index is 9.93. The molecule has 3 N–H and O–H groups in total. The Kier molecular flexibility index (Phi) is 11.9. The maximum atomic E-state index is 9.93. The van der Waals surface area contributed by atoms with Crippen LogP contribution in [-0.4, -0.2) is 61.1 Å². The van der Waals surface area contributed by atoms with Gasteiger partial charge in [-0.25, -0.2) is 0 Å². The second kappa shape index (κ2) is 15.8. The molecule has 0 aromatic heterocycles. The molecule has 2 aromatic rings. The summed E-state index contributed by atoms with van der Waals surface area (Å²) in [7, 11) is 0. The molecule has 0 unspecified atom stereocenters. The Labute approximate surface area is 246 Å². The second-order valence-electron chi connectivity index (χ2n) is 11.5. The Morgan fingerprint density at radius 1 is 1.00 bits per heavy atom. The normalized spacial score (nSPS) is 18.7. The second-order valence-corrected chi connectivity index (χ2v) is 11.5. The average molecular weight is 557 g/mol. The molecule has 2 saturated heterocycles. The fraction of sp³-hybridized carbons (Fsp3) is 0.444. The van der Waals surface area contributed by atoms with E-state index in [1.165, 1.54) is 50.8 Å². The highest BCUT2D eigenvalue weighted by molar-refractivity contribution is 5.85. The van der Waals surface area contributed by atoms with Crippen LogP contribution in [0.4, 0.5) is 0 Å². The number of hydrogen-bond acceptors (Lipinski definition) is 5. The van der Waals surface area contributed by atoms with Crippen molar-refractivity contribution in [2.75, 3.05) is 45.9 Å². The number of nitrogens with one attached hydrogen (secondary N) is 1. The number of benzene rings is 2. The largest absolute Gasteiger partial charge is 0.508 e. The summed E-state index contributed by atoms with van der Waals surface area (Å²) in [5.74, 6) is 1.11. The van der Waals surface area contributed by atoms with E-state index in [1.54, 1.807) is 18.2 Å². The zero-order chi connectivity index (χ0) is 28.9. The van der Waals surface area contributed by atoms with Crippen LogP contribution in [0.1, 0.15) is 63.0 Å². The zero-order valence-electron chi connectivity index (χ0n) is 24.8. The van der Waals surface area contributed by atoms with Crippen LogP contribution in [0.15, 0.2) is 90.6 Å². The molecule has 0 bridgehead atoms. The first-order valence-corrected chi connectivity index (χ1v) is 15.3. The van der Waals surface area contributed by atoms with E-state index in [4.69, 9.17) is 4.74 Å². The predicted octanol–water partition coefficient (Wildman–Crippen LogP) is 6.89. The summed E-state index contributed by atoms with van der Waals surface area (Å²) in [6.07, 6.45) is 15.8. The molecule has 220 valence electrons. The monoisotopic (exact) mass is 556 g/mol. The molecule has 5 nitrogen and oxygen atoms in total. The number of allylic oxidation sites excluding steroid dienone is 6. The number of aliphatic hydroxyl groups is 1. The van der Waals surface area contributed by atoms with E-state index in [0.29, 0.717) is 18.4 Å². The Balaban J connectivity index is 1.46. The molecule has 5 heteroatoms. The molecule has 0 saturated carbocycles. The van der Waals surface area contributed by atoms with Gasteiger partial charge in [-0.2, -0.15) is 0 Å². The van der Waals surface area contributed by atoms with E-state index >= 15 is 0 Å². The average Bonchev–Trinajstić information content (AvgIpc) is 3.23. The Hall–Kier alpha value is -3.12. The molecule has 2 fully saturated rings. The van der Waals surface area contributed by atoms with Crippen molar-refractivity contribution in [1.82, 2.24) is 10.2 Å². The van der Waals surface area contributed by atoms with Crippen molar-refractivity contribution in [3.63, 3.8) is 0 Å². The van der Waals surface area contributed by atoms with E-state index in [9.17, 15) is 10.2 Å². The minimum absolute atomic E-state index is 0.129. The molecular weight excluding hydrogens is 508 g/mol. The highest BCUT2D eigenvalue weighted by Gasteiger charge is 2.34. The highest BCUT2D eigenvalue weighted by Crippen LogP contribution is 2.37. The molecule has 0 aliphatic carbocycles. The lowest BCUT2D eigenvalue weighted by Gasteiger charge is -2.41. The van der Waals surface area contributed by atoms with Gasteiger partial charge in [-0.05, 0) is 123 Å². The molecular formula is C36H48N2O3. The minimum Gasteiger partial charge on any atom is -0.508 e. The molecule has 0 amide bonds. The third-order valence-electron chi connectivity index (χ3n) is 8.66. The lowest BCUT2D eigenvalue weighted by molar-refractivity contribution is 0.0874. The molecule has 2 heterocycles. The first-order chi connectivity index (χ1) is 20.0. The lowest BCUT2D eigenvalue weighted by Crippen LogP contribution is -2.45. The van der Waals surface area contributed by atoms with Gasteiger partial charge in [-0.15, -0.1) is 0 Å². The lowest BCUT2D eigenvalue weighted by atomic mass is 9.75. The van der Waals surface area contributed by atoms with Crippen molar-refractivity contribution in [3.05, 3.63) is 102 Å². The molecule has 2 aliphatic rings. The van der Waals surface area contributed by atoms with Crippen LogP contribution in [0.25, 0.3) is 5.57 Å². The van der Waals surface area contributed by atoms with Gasteiger partial charge in [-0.3, -0.25) is 4.90 Å². The van der Waals surface area contributed by atoms with E-state index in [0.717, 1.165) is 54.1 Å². The summed E-state index contributed by atoms with van der Waals surface area (Å²) in [5, 5.41) is 23.2. The van der Waals surface area contributed by atoms with Gasteiger partial charge >= 0.3 is 0 Å². The molecule has 41 heavy (non-hydrogen) atoms. The van der Waals surface area contributed by atoms with Gasteiger partial charge in [0.15, 0.2) is 0 Å². The number of phenols is 1. The van der Waals surface area contributed by atoms with Crippen LogP contribution in [0.5, 0.6) is 11.5 Å². The number of ether oxygens (including phenoxy) is 1. The molecule has 0 atom stereocenters. The van der Waals surface area contributed by atoms with Crippen LogP contribution in [0.2, 0.25) is 0 Å². The third kappa shape index (κ3) is 8.93. The Morgan fingerprint density at radius 2 is 1.71 bits per heavy atom. The van der Waals surface area contributed by atoms with Crippen LogP contribution >= 0.6 is 0 Å². The SMILES string of the molecule is C=C\C=C/C=C(C)/C(CCCO)=C(/c1ccc(O)cc1)c1ccc(OCCN2CCC3(CCCCNC3)CC2)cc1. The molecule has 4 rings (SSSR count). The standard InChI is InChI=1S/C36H48N2O3/c1-3-4-5-9-29(2)34(10-8-26-39)35(30-11-15-32(40)16-12-30)31-13-17-33(18-14-31)41-27-25-38-23-20-36(21-24-38)19-6-7-22-37-28-36/h3-5,9,11-18,37,39-40H,1,6-8,10,19-28H2,2H3/b5-4-,29-9+,35-34-. The number of likely N-dealkylation sites (tertiary alicyclic amines) is 1. The van der Waals surface area contributed by atoms with Crippen molar-refractivity contribution in [1.29, 1.82) is 0 Å². The van der Waals surface area contributed by atoms with Crippen molar-refractivity contribution >= 4 is 5.57 Å². The van der Waals surface area contributed by atoms with E-state index in [2.05, 4.69) is 54.1 Å². The summed E-state index contributed by atoms with van der Waals surface area (Å²) in [4.78, 5) is 2.56. The van der Waals surface area contributed by atoms with E-state index < -0.39 is 0 Å². The van der Waals surface area contributed by atoms with Crippen LogP contribution < -0.4 is 10.1 Å². The first kappa shape index (κ1) is 30.8. The van der Waals surface area contributed by atoms with Gasteiger partial charge in [0.1, 0.15) is 18.1 Å². The Morgan fingerprint density at radius 3 is 2.39 bits per heavy atom. The van der Waals surface area contributed by atoms with Crippen molar-refractivity contribution < 1.29 is 14.9 Å². The number of phenolic OH excluding ortho intramolecular Hbond substituents is 1. The van der Waals surface area contributed by atoms with Crippen LogP contribution in [0.3, 0.4) is 0 Å². The number of piperidine rings is 1. The van der Waals surface area contributed by atoms with Gasteiger partial charge in [0, 0.05) is 19.7 Å². The summed E-state index contributed by atoms with van der Waals surface area (Å²) in [6, 6.07) is 15.7. The van der Waals surface area contributed by atoms with Crippen molar-refractivity contribution in [3.8, 4) is 11.5 Å². The fourth-order valence-corrected chi connectivity index (χ4v) is 6.18. The van der Waals surface area contributed by atoms with Gasteiger partial charge in [0.05, 0.1) is 0 Å². The number of rotatable bonds is 12. The summed E-state index contributed by atoms with van der Waals surface area (Å²) < 4.78 is 6.19. The zero-order valence-corrected chi connectivity index (χ0v) is 24.8. The van der Waals surface area contributed by atoms with Crippen LogP contribution in [0, 0.1) is 5.41 Å². The summed E-state index contributed by atoms with van der Waals surface area (Å²) >= 11 is 0. The number of hydrogen-bond donors (Lipinski definition) is 3. The highest BCUT2D eigenvalue weighted by atomic mass is 16.5. The fourth-order valence-electron chi connectivity index (χ4n) is 6.18. The molecule has 2 aromatic carbocycles. The van der Waals surface area contributed by atoms with Crippen molar-refractivity contribution in [2.45, 2.75) is 51.9 Å². The topological polar surface area (TPSA) is 65.0 Å². The van der Waals surface area contributed by atoms with E-state index in [-0.39, 0.29) is 12.4 Å². The van der Waals surface area contributed by atoms with E-state index in [1.807, 2.05) is 24.3 Å². The van der Waals surface area contributed by atoms with Crippen molar-refractivity contribution in [2.24, 2.45) is 5.41 Å². The number of nitrogens with zero attached hydrogens (tertiary/aromatic N) is 1. The Bertz CT molecular complexity index is 1180. The van der Waals surface area contributed by atoms with Gasteiger partial charge in [-0.1, -0.05) is 61.6 Å². The minimum atomic E-state index is 0.129. The quantitative estimate of drug-likeness (QED) is 0.249. The number of aromatic hydroxyl groups is 1. The molecule has 2 aliphatic heterocycles. The summed E-state index contributed by atoms with van der Waals surface area (Å²) in [6.45, 7) is 12.3. The number of aliphatic hydroxyl groups excluding tert-OH is 1.